The van der Waals surface area contributed by atoms with Gasteiger partial charge in [-0.25, -0.2) is 9.97 Å². The number of aliphatic hydroxyl groups is 1. The summed E-state index contributed by atoms with van der Waals surface area (Å²) in [4.78, 5) is 10.7. The highest BCUT2D eigenvalue weighted by Gasteiger charge is 2.32. The molecule has 0 unspecified atom stereocenters. The van der Waals surface area contributed by atoms with Gasteiger partial charge in [-0.15, -0.1) is 0 Å². The smallest absolute Gasteiger partial charge is 0.105 e. The fourth-order valence-corrected chi connectivity index (χ4v) is 2.96. The van der Waals surface area contributed by atoms with E-state index in [1.807, 2.05) is 30.1 Å². The number of hydrogen-bond acceptors (Lipinski definition) is 4. The van der Waals surface area contributed by atoms with Crippen LogP contribution in [0.3, 0.4) is 0 Å². The number of likely N-dealkylation sites (tertiary alicyclic amines) is 1. The highest BCUT2D eigenvalue weighted by Crippen LogP contribution is 2.24. The Morgan fingerprint density at radius 3 is 2.62 bits per heavy atom. The molecule has 2 aromatic rings. The number of nitrogens with zero attached hydrogens (tertiary/aromatic N) is 5. The zero-order valence-corrected chi connectivity index (χ0v) is 12.5. The second-order valence-electron chi connectivity index (χ2n) is 5.97. The molecular weight excluding hydrogens is 266 g/mol. The van der Waals surface area contributed by atoms with Crippen molar-refractivity contribution in [1.29, 1.82) is 0 Å². The van der Waals surface area contributed by atoms with E-state index in [9.17, 15) is 5.11 Å². The summed E-state index contributed by atoms with van der Waals surface area (Å²) in [6.07, 6.45) is 10.9. The molecule has 6 nitrogen and oxygen atoms in total. The molecule has 114 valence electrons. The molecule has 6 heteroatoms. The van der Waals surface area contributed by atoms with Crippen molar-refractivity contribution in [3.8, 4) is 0 Å². The first-order valence-corrected chi connectivity index (χ1v) is 7.53. The molecule has 2 aromatic heterocycles. The Bertz CT molecular complexity index is 554. The number of imidazole rings is 2. The van der Waals surface area contributed by atoms with Gasteiger partial charge in [0.25, 0.3) is 0 Å². The molecule has 0 spiro atoms. The van der Waals surface area contributed by atoms with Crippen molar-refractivity contribution < 1.29 is 5.11 Å². The third kappa shape index (κ3) is 3.51. The third-order valence-electron chi connectivity index (χ3n) is 4.40. The summed E-state index contributed by atoms with van der Waals surface area (Å²) in [5, 5.41) is 10.7. The Kier molecular flexibility index (Phi) is 4.07. The van der Waals surface area contributed by atoms with Gasteiger partial charge in [0.1, 0.15) is 5.82 Å². The molecule has 1 fully saturated rings. The van der Waals surface area contributed by atoms with Crippen molar-refractivity contribution in [3.05, 3.63) is 36.9 Å². The van der Waals surface area contributed by atoms with Crippen LogP contribution in [-0.4, -0.2) is 54.3 Å². The maximum absolute atomic E-state index is 10.7. The molecule has 0 atom stereocenters. The molecule has 0 amide bonds. The van der Waals surface area contributed by atoms with E-state index in [1.165, 1.54) is 0 Å². The molecule has 3 rings (SSSR count). The van der Waals surface area contributed by atoms with E-state index in [4.69, 9.17) is 0 Å². The first-order valence-electron chi connectivity index (χ1n) is 7.53. The van der Waals surface area contributed by atoms with Crippen molar-refractivity contribution in [2.45, 2.75) is 38.5 Å². The van der Waals surface area contributed by atoms with Crippen LogP contribution in [-0.2, 0) is 13.1 Å². The van der Waals surface area contributed by atoms with E-state index >= 15 is 0 Å². The molecular formula is C15H23N5O. The average molecular weight is 289 g/mol. The number of piperidine rings is 1. The summed E-state index contributed by atoms with van der Waals surface area (Å²) in [5.41, 5.74) is -0.595. The monoisotopic (exact) mass is 289 g/mol. The quantitative estimate of drug-likeness (QED) is 0.889. The topological polar surface area (TPSA) is 59.1 Å². The predicted octanol–water partition coefficient (Wildman–Crippen LogP) is 0.915. The zero-order chi connectivity index (χ0) is 14.7. The largest absolute Gasteiger partial charge is 0.388 e. The van der Waals surface area contributed by atoms with E-state index in [0.717, 1.165) is 44.8 Å². The van der Waals surface area contributed by atoms with Crippen molar-refractivity contribution in [3.63, 3.8) is 0 Å². The van der Waals surface area contributed by atoms with Crippen LogP contribution < -0.4 is 0 Å². The third-order valence-corrected chi connectivity index (χ3v) is 4.40. The predicted molar refractivity (Wildman–Crippen MR) is 79.8 cm³/mol. The Hall–Kier alpha value is -1.66. The van der Waals surface area contributed by atoms with Gasteiger partial charge in [0.2, 0.25) is 0 Å². The van der Waals surface area contributed by atoms with Crippen LogP contribution in [0.5, 0.6) is 0 Å². The van der Waals surface area contributed by atoms with Gasteiger partial charge in [-0.1, -0.05) is 0 Å². The number of rotatable bonds is 5. The van der Waals surface area contributed by atoms with Crippen LogP contribution in [0.4, 0.5) is 0 Å². The molecule has 3 heterocycles. The lowest BCUT2D eigenvalue weighted by atomic mass is 9.91. The van der Waals surface area contributed by atoms with Crippen LogP contribution in [0, 0.1) is 6.92 Å². The van der Waals surface area contributed by atoms with Gasteiger partial charge in [0.15, 0.2) is 0 Å². The minimum Gasteiger partial charge on any atom is -0.388 e. The van der Waals surface area contributed by atoms with Crippen LogP contribution in [0.2, 0.25) is 0 Å². The standard InChI is InChI=1S/C15H23N5O/c1-14-17-5-9-20(14)11-10-18-6-2-15(21,3-7-18)12-19-8-4-16-13-19/h4-5,8-9,13,21H,2-3,6-7,10-12H2,1H3. The van der Waals surface area contributed by atoms with Gasteiger partial charge in [0, 0.05) is 51.0 Å². The highest BCUT2D eigenvalue weighted by molar-refractivity contribution is 4.90. The minimum atomic E-state index is -0.595. The van der Waals surface area contributed by atoms with Gasteiger partial charge >= 0.3 is 0 Å². The average Bonchev–Trinajstić information content (AvgIpc) is 3.10. The summed E-state index contributed by atoms with van der Waals surface area (Å²) < 4.78 is 4.14. The maximum atomic E-state index is 10.7. The fraction of sp³-hybridized carbons (Fsp3) is 0.600. The van der Waals surface area contributed by atoms with Crippen LogP contribution in [0.15, 0.2) is 31.1 Å². The Morgan fingerprint density at radius 2 is 2.00 bits per heavy atom. The fourth-order valence-electron chi connectivity index (χ4n) is 2.96. The van der Waals surface area contributed by atoms with E-state index in [0.29, 0.717) is 6.54 Å². The summed E-state index contributed by atoms with van der Waals surface area (Å²) in [6.45, 7) is 6.53. The second-order valence-corrected chi connectivity index (χ2v) is 5.97. The Balaban J connectivity index is 1.47. The van der Waals surface area contributed by atoms with Gasteiger partial charge in [0.05, 0.1) is 18.5 Å². The van der Waals surface area contributed by atoms with E-state index in [-0.39, 0.29) is 0 Å². The Morgan fingerprint density at radius 1 is 1.19 bits per heavy atom. The molecule has 1 N–H and O–H groups in total. The van der Waals surface area contributed by atoms with E-state index in [2.05, 4.69) is 19.4 Å². The van der Waals surface area contributed by atoms with E-state index in [1.54, 1.807) is 12.5 Å². The van der Waals surface area contributed by atoms with E-state index < -0.39 is 5.60 Å². The molecule has 1 saturated heterocycles. The molecule has 0 radical (unpaired) electrons. The normalized spacial score (nSPS) is 19.0. The molecule has 0 aliphatic carbocycles. The lowest BCUT2D eigenvalue weighted by Gasteiger charge is -2.38. The summed E-state index contributed by atoms with van der Waals surface area (Å²) in [7, 11) is 0. The number of aromatic nitrogens is 4. The second kappa shape index (κ2) is 5.99. The van der Waals surface area contributed by atoms with Gasteiger partial charge in [-0.2, -0.15) is 0 Å². The maximum Gasteiger partial charge on any atom is 0.105 e. The highest BCUT2D eigenvalue weighted by atomic mass is 16.3. The van der Waals surface area contributed by atoms with Gasteiger partial charge < -0.3 is 19.1 Å². The SMILES string of the molecule is Cc1nccn1CCN1CCC(O)(Cn2ccnc2)CC1. The molecule has 0 bridgehead atoms. The van der Waals surface area contributed by atoms with Crippen LogP contribution in [0.1, 0.15) is 18.7 Å². The summed E-state index contributed by atoms with van der Waals surface area (Å²) in [5.74, 6) is 1.06. The molecule has 1 aliphatic rings. The Labute approximate surface area is 125 Å². The summed E-state index contributed by atoms with van der Waals surface area (Å²) in [6, 6.07) is 0. The lowest BCUT2D eigenvalue weighted by molar-refractivity contribution is -0.0345. The van der Waals surface area contributed by atoms with Crippen molar-refractivity contribution in [1.82, 2.24) is 24.0 Å². The van der Waals surface area contributed by atoms with Gasteiger partial charge in [-0.3, -0.25) is 0 Å². The molecule has 0 saturated carbocycles. The number of hydrogen-bond donors (Lipinski definition) is 1. The molecule has 21 heavy (non-hydrogen) atoms. The number of aryl methyl sites for hydroxylation is 1. The lowest BCUT2D eigenvalue weighted by Crippen LogP contribution is -2.47. The molecule has 1 aliphatic heterocycles. The zero-order valence-electron chi connectivity index (χ0n) is 12.5. The molecule has 0 aromatic carbocycles. The van der Waals surface area contributed by atoms with Gasteiger partial charge in [-0.05, 0) is 19.8 Å². The van der Waals surface area contributed by atoms with Crippen LogP contribution in [0.25, 0.3) is 0 Å². The van der Waals surface area contributed by atoms with Crippen molar-refractivity contribution in [2.75, 3.05) is 19.6 Å². The first kappa shape index (κ1) is 14.3. The first-order chi connectivity index (χ1) is 10.1. The van der Waals surface area contributed by atoms with Crippen molar-refractivity contribution in [2.24, 2.45) is 0 Å². The van der Waals surface area contributed by atoms with Crippen molar-refractivity contribution >= 4 is 0 Å². The minimum absolute atomic E-state index is 0.595. The summed E-state index contributed by atoms with van der Waals surface area (Å²) >= 11 is 0. The van der Waals surface area contributed by atoms with Crippen LogP contribution >= 0.6 is 0 Å².